The molecule has 0 radical (unpaired) electrons. The first-order chi connectivity index (χ1) is 8.25. The third-order valence-corrected chi connectivity index (χ3v) is 3.27. The maximum Gasteiger partial charge on any atom is 0.253 e. The molecule has 0 aliphatic carbocycles. The maximum atomic E-state index is 12.1. The number of amides is 1. The number of carbonyl (C=O) groups is 1. The molecule has 0 aromatic heterocycles. The van der Waals surface area contributed by atoms with Gasteiger partial charge in [-0.3, -0.25) is 4.79 Å². The number of aryl methyl sites for hydroxylation is 1. The lowest BCUT2D eigenvalue weighted by atomic mass is 9.86. The zero-order valence-electron chi connectivity index (χ0n) is 11.4. The Morgan fingerprint density at radius 3 is 2.50 bits per heavy atom. The van der Waals surface area contributed by atoms with Crippen molar-refractivity contribution in [2.24, 2.45) is 11.1 Å². The van der Waals surface area contributed by atoms with E-state index in [0.717, 1.165) is 5.56 Å². The zero-order valence-corrected chi connectivity index (χ0v) is 12.1. The lowest BCUT2D eigenvalue weighted by Gasteiger charge is -2.30. The smallest absolute Gasteiger partial charge is 0.253 e. The summed E-state index contributed by atoms with van der Waals surface area (Å²) < 4.78 is 0. The molecule has 1 aromatic rings. The van der Waals surface area contributed by atoms with E-state index >= 15 is 0 Å². The van der Waals surface area contributed by atoms with E-state index in [-0.39, 0.29) is 17.4 Å². The second-order valence-corrected chi connectivity index (χ2v) is 6.02. The molecular formula is C14H21ClN2O. The third-order valence-electron chi connectivity index (χ3n) is 2.96. The SMILES string of the molecule is Cc1ccc(C(=O)NC(CN)C(C)(C)C)c(Cl)c1. The molecule has 4 heteroatoms. The van der Waals surface area contributed by atoms with E-state index in [1.54, 1.807) is 12.1 Å². The first-order valence-electron chi connectivity index (χ1n) is 6.02. The molecular weight excluding hydrogens is 248 g/mol. The number of benzene rings is 1. The van der Waals surface area contributed by atoms with Crippen LogP contribution in [0, 0.1) is 12.3 Å². The highest BCUT2D eigenvalue weighted by Gasteiger charge is 2.25. The molecule has 0 spiro atoms. The quantitative estimate of drug-likeness (QED) is 0.886. The Morgan fingerprint density at radius 1 is 1.44 bits per heavy atom. The molecule has 0 bridgehead atoms. The minimum atomic E-state index is -0.176. The first kappa shape index (κ1) is 15.0. The molecule has 3 N–H and O–H groups in total. The molecule has 3 nitrogen and oxygen atoms in total. The van der Waals surface area contributed by atoms with Gasteiger partial charge in [0, 0.05) is 12.6 Å². The molecule has 1 amide bonds. The van der Waals surface area contributed by atoms with Crippen LogP contribution < -0.4 is 11.1 Å². The largest absolute Gasteiger partial charge is 0.347 e. The van der Waals surface area contributed by atoms with Crippen molar-refractivity contribution < 1.29 is 4.79 Å². The van der Waals surface area contributed by atoms with E-state index in [0.29, 0.717) is 17.1 Å². The van der Waals surface area contributed by atoms with E-state index in [9.17, 15) is 4.79 Å². The summed E-state index contributed by atoms with van der Waals surface area (Å²) in [5, 5.41) is 3.40. The number of hydrogen-bond donors (Lipinski definition) is 2. The molecule has 0 aliphatic heterocycles. The average molecular weight is 269 g/mol. The molecule has 0 saturated heterocycles. The zero-order chi connectivity index (χ0) is 13.9. The summed E-state index contributed by atoms with van der Waals surface area (Å²) in [4.78, 5) is 12.1. The molecule has 0 fully saturated rings. The van der Waals surface area contributed by atoms with Crippen LogP contribution in [-0.4, -0.2) is 18.5 Å². The van der Waals surface area contributed by atoms with Crippen molar-refractivity contribution >= 4 is 17.5 Å². The molecule has 0 aliphatic rings. The van der Waals surface area contributed by atoms with Gasteiger partial charge in [0.2, 0.25) is 0 Å². The Morgan fingerprint density at radius 2 is 2.06 bits per heavy atom. The van der Waals surface area contributed by atoms with Gasteiger partial charge >= 0.3 is 0 Å². The van der Waals surface area contributed by atoms with Gasteiger partial charge in [0.25, 0.3) is 5.91 Å². The Bertz CT molecular complexity index is 438. The van der Waals surface area contributed by atoms with Gasteiger partial charge in [0.15, 0.2) is 0 Å². The summed E-state index contributed by atoms with van der Waals surface area (Å²) in [6.45, 7) is 8.47. The lowest BCUT2D eigenvalue weighted by Crippen LogP contribution is -2.48. The molecule has 100 valence electrons. The van der Waals surface area contributed by atoms with Gasteiger partial charge in [-0.2, -0.15) is 0 Å². The van der Waals surface area contributed by atoms with E-state index in [1.165, 1.54) is 0 Å². The Kier molecular flexibility index (Phi) is 4.77. The van der Waals surface area contributed by atoms with E-state index in [2.05, 4.69) is 5.32 Å². The lowest BCUT2D eigenvalue weighted by molar-refractivity contribution is 0.0905. The van der Waals surface area contributed by atoms with Crippen molar-refractivity contribution in [3.05, 3.63) is 34.3 Å². The second-order valence-electron chi connectivity index (χ2n) is 5.61. The predicted octanol–water partition coefficient (Wildman–Crippen LogP) is 2.75. The topological polar surface area (TPSA) is 55.1 Å². The molecule has 0 saturated carbocycles. The van der Waals surface area contributed by atoms with E-state index in [1.807, 2.05) is 33.8 Å². The van der Waals surface area contributed by atoms with E-state index < -0.39 is 0 Å². The molecule has 1 unspecified atom stereocenters. The van der Waals surface area contributed by atoms with Gasteiger partial charge in [-0.15, -0.1) is 0 Å². The Balaban J connectivity index is 2.88. The van der Waals surface area contributed by atoms with Crippen LogP contribution in [0.25, 0.3) is 0 Å². The molecule has 18 heavy (non-hydrogen) atoms. The fourth-order valence-corrected chi connectivity index (χ4v) is 1.99. The van der Waals surface area contributed by atoms with Crippen molar-refractivity contribution in [1.29, 1.82) is 0 Å². The van der Waals surface area contributed by atoms with Crippen molar-refractivity contribution in [2.45, 2.75) is 33.7 Å². The van der Waals surface area contributed by atoms with Gasteiger partial charge in [0.1, 0.15) is 0 Å². The minimum Gasteiger partial charge on any atom is -0.347 e. The molecule has 0 heterocycles. The van der Waals surface area contributed by atoms with Crippen LogP contribution in [-0.2, 0) is 0 Å². The number of carbonyl (C=O) groups excluding carboxylic acids is 1. The van der Waals surface area contributed by atoms with Crippen LogP contribution in [0.2, 0.25) is 5.02 Å². The first-order valence-corrected chi connectivity index (χ1v) is 6.40. The summed E-state index contributed by atoms with van der Waals surface area (Å²) in [5.74, 6) is -0.176. The minimum absolute atomic E-state index is 0.0811. The highest BCUT2D eigenvalue weighted by molar-refractivity contribution is 6.33. The van der Waals surface area contributed by atoms with Crippen LogP contribution in [0.4, 0.5) is 0 Å². The second kappa shape index (κ2) is 5.72. The number of nitrogens with one attached hydrogen (secondary N) is 1. The molecule has 1 rings (SSSR count). The van der Waals surface area contributed by atoms with Crippen molar-refractivity contribution in [3.63, 3.8) is 0 Å². The highest BCUT2D eigenvalue weighted by Crippen LogP contribution is 2.21. The maximum absolute atomic E-state index is 12.1. The summed E-state index contributed by atoms with van der Waals surface area (Å²) in [7, 11) is 0. The molecule has 1 aromatic carbocycles. The van der Waals surface area contributed by atoms with Gasteiger partial charge in [0.05, 0.1) is 10.6 Å². The van der Waals surface area contributed by atoms with E-state index in [4.69, 9.17) is 17.3 Å². The average Bonchev–Trinajstić information content (AvgIpc) is 2.23. The fraction of sp³-hybridized carbons (Fsp3) is 0.500. The van der Waals surface area contributed by atoms with Gasteiger partial charge in [-0.1, -0.05) is 38.4 Å². The number of rotatable bonds is 3. The number of hydrogen-bond acceptors (Lipinski definition) is 2. The predicted molar refractivity (Wildman–Crippen MR) is 76.0 cm³/mol. The summed E-state index contributed by atoms with van der Waals surface area (Å²) in [5.41, 5.74) is 7.14. The number of halogens is 1. The summed E-state index contributed by atoms with van der Waals surface area (Å²) in [6, 6.07) is 5.31. The van der Waals surface area contributed by atoms with Gasteiger partial charge < -0.3 is 11.1 Å². The van der Waals surface area contributed by atoms with Crippen molar-refractivity contribution in [2.75, 3.05) is 6.54 Å². The number of nitrogens with two attached hydrogens (primary N) is 1. The van der Waals surface area contributed by atoms with Crippen LogP contribution in [0.1, 0.15) is 36.7 Å². The highest BCUT2D eigenvalue weighted by atomic mass is 35.5. The standard InChI is InChI=1S/C14H21ClN2O/c1-9-5-6-10(11(15)7-9)13(18)17-12(8-16)14(2,3)4/h5-7,12H,8,16H2,1-4H3,(H,17,18). The Labute approximate surface area is 114 Å². The van der Waals surface area contributed by atoms with Gasteiger partial charge in [-0.25, -0.2) is 0 Å². The third kappa shape index (κ3) is 3.72. The molecule has 1 atom stereocenters. The van der Waals surface area contributed by atoms with Crippen LogP contribution in [0.3, 0.4) is 0 Å². The fourth-order valence-electron chi connectivity index (χ4n) is 1.67. The van der Waals surface area contributed by atoms with Crippen LogP contribution in [0.5, 0.6) is 0 Å². The normalized spacial score (nSPS) is 13.2. The Hall–Kier alpha value is -1.06. The van der Waals surface area contributed by atoms with Crippen LogP contribution in [0.15, 0.2) is 18.2 Å². The van der Waals surface area contributed by atoms with Crippen molar-refractivity contribution in [3.8, 4) is 0 Å². The van der Waals surface area contributed by atoms with Gasteiger partial charge in [-0.05, 0) is 30.0 Å². The summed E-state index contributed by atoms with van der Waals surface area (Å²) >= 11 is 6.07. The monoisotopic (exact) mass is 268 g/mol. The summed E-state index contributed by atoms with van der Waals surface area (Å²) in [6.07, 6.45) is 0. The van der Waals surface area contributed by atoms with Crippen LogP contribution >= 0.6 is 11.6 Å². The van der Waals surface area contributed by atoms with Crippen molar-refractivity contribution in [1.82, 2.24) is 5.32 Å².